The molecule has 0 bridgehead atoms. The van der Waals surface area contributed by atoms with Gasteiger partial charge in [0.1, 0.15) is 12.7 Å². The minimum Gasteiger partial charge on any atom is -0.462 e. The van der Waals surface area contributed by atoms with Gasteiger partial charge in [-0.15, -0.1) is 0 Å². The number of aliphatic hydroxyl groups excluding tert-OH is 1. The molecule has 0 saturated heterocycles. The van der Waals surface area contributed by atoms with Gasteiger partial charge < -0.3 is 24.2 Å². The van der Waals surface area contributed by atoms with E-state index < -0.39 is 57.8 Å². The van der Waals surface area contributed by atoms with Crippen molar-refractivity contribution in [1.29, 1.82) is 0 Å². The zero-order chi connectivity index (χ0) is 52.7. The van der Waals surface area contributed by atoms with Crippen molar-refractivity contribution in [2.45, 2.75) is 251 Å². The van der Waals surface area contributed by atoms with Crippen molar-refractivity contribution < 1.29 is 52.2 Å². The van der Waals surface area contributed by atoms with Crippen LogP contribution >= 0.6 is 7.82 Å². The highest BCUT2D eigenvalue weighted by Crippen LogP contribution is 2.43. The summed E-state index contributed by atoms with van der Waals surface area (Å²) in [5, 5.41) is 9.79. The second-order valence-electron chi connectivity index (χ2n) is 18.7. The third kappa shape index (κ3) is 51.6. The van der Waals surface area contributed by atoms with Crippen LogP contribution in [0.25, 0.3) is 0 Å². The molecule has 11 nitrogen and oxygen atoms in total. The van der Waals surface area contributed by atoms with Crippen LogP contribution in [0.3, 0.4) is 0 Å². The van der Waals surface area contributed by atoms with Crippen LogP contribution in [0.2, 0.25) is 0 Å². The SMILES string of the molecule is CC/C=C\C/C=C\C/C=C\C/C=C\CCCCCCC(=O)OCC(COP(=O)(O)OCC(CO)OC(=O)CCCCCCC/C=C\CCCC)OC(=O)CCCCCCCCC/C=C\C/C=C\CCCCC. The fourth-order valence-corrected chi connectivity index (χ4v) is 8.20. The summed E-state index contributed by atoms with van der Waals surface area (Å²) in [6.45, 7) is 4.42. The Kier molecular flexibility index (Phi) is 51.4. The number of rotatable bonds is 52. The Morgan fingerprint density at radius 1 is 0.403 bits per heavy atom. The van der Waals surface area contributed by atoms with Gasteiger partial charge >= 0.3 is 25.7 Å². The number of esters is 3. The predicted octanol–water partition coefficient (Wildman–Crippen LogP) is 16.7. The molecule has 3 unspecified atom stereocenters. The largest absolute Gasteiger partial charge is 0.472 e. The third-order valence-electron chi connectivity index (χ3n) is 11.8. The second-order valence-corrected chi connectivity index (χ2v) is 20.2. The van der Waals surface area contributed by atoms with E-state index in [-0.39, 0.29) is 25.9 Å². The molecule has 0 aromatic heterocycles. The molecule has 3 atom stereocenters. The number of aliphatic hydroxyl groups is 1. The Balaban J connectivity index is 4.80. The van der Waals surface area contributed by atoms with Crippen molar-refractivity contribution in [3.8, 4) is 0 Å². The number of allylic oxidation sites excluding steroid dienone is 14. The maximum atomic E-state index is 12.9. The summed E-state index contributed by atoms with van der Waals surface area (Å²) in [5.74, 6) is -1.51. The molecule has 0 aromatic carbocycles. The van der Waals surface area contributed by atoms with Crippen LogP contribution in [0, 0.1) is 0 Å². The maximum Gasteiger partial charge on any atom is 0.472 e. The molecule has 0 fully saturated rings. The highest BCUT2D eigenvalue weighted by Gasteiger charge is 2.28. The van der Waals surface area contributed by atoms with Crippen LogP contribution in [0.5, 0.6) is 0 Å². The molecule has 0 saturated carbocycles. The molecular formula is C60H103O11P. The van der Waals surface area contributed by atoms with Crippen molar-refractivity contribution in [3.63, 3.8) is 0 Å². The zero-order valence-electron chi connectivity index (χ0n) is 45.6. The molecule has 72 heavy (non-hydrogen) atoms. The Morgan fingerprint density at radius 3 is 1.17 bits per heavy atom. The first-order valence-electron chi connectivity index (χ1n) is 28.5. The quantitative estimate of drug-likeness (QED) is 0.0197. The van der Waals surface area contributed by atoms with Gasteiger partial charge in [0, 0.05) is 19.3 Å². The van der Waals surface area contributed by atoms with Gasteiger partial charge in [-0.1, -0.05) is 196 Å². The van der Waals surface area contributed by atoms with Crippen LogP contribution in [0.4, 0.5) is 0 Å². The first-order chi connectivity index (χ1) is 35.2. The molecular weight excluding hydrogens is 928 g/mol. The van der Waals surface area contributed by atoms with Crippen LogP contribution in [-0.2, 0) is 42.2 Å². The van der Waals surface area contributed by atoms with E-state index in [4.69, 9.17) is 23.3 Å². The molecule has 0 aromatic rings. The number of ether oxygens (including phenoxy) is 3. The van der Waals surface area contributed by atoms with Crippen molar-refractivity contribution in [3.05, 3.63) is 85.1 Å². The van der Waals surface area contributed by atoms with E-state index in [1.807, 2.05) is 0 Å². The summed E-state index contributed by atoms with van der Waals surface area (Å²) in [6, 6.07) is 0. The van der Waals surface area contributed by atoms with E-state index in [0.29, 0.717) is 19.3 Å². The van der Waals surface area contributed by atoms with Gasteiger partial charge in [-0.25, -0.2) is 4.57 Å². The average molecular weight is 1030 g/mol. The number of hydrogen-bond donors (Lipinski definition) is 2. The summed E-state index contributed by atoms with van der Waals surface area (Å²) in [5.41, 5.74) is 0. The van der Waals surface area contributed by atoms with Crippen LogP contribution in [-0.4, -0.2) is 66.5 Å². The molecule has 0 rings (SSSR count). The van der Waals surface area contributed by atoms with Crippen molar-refractivity contribution in [2.75, 3.05) is 26.4 Å². The Labute approximate surface area is 439 Å². The Hall–Kier alpha value is -3.34. The minimum absolute atomic E-state index is 0.150. The number of phosphoric acid groups is 1. The summed E-state index contributed by atoms with van der Waals surface area (Å²) in [6.07, 6.45) is 61.1. The van der Waals surface area contributed by atoms with Crippen LogP contribution in [0.15, 0.2) is 85.1 Å². The van der Waals surface area contributed by atoms with Gasteiger partial charge in [-0.05, 0) is 109 Å². The lowest BCUT2D eigenvalue weighted by Crippen LogP contribution is -2.30. The summed E-state index contributed by atoms with van der Waals surface area (Å²) in [4.78, 5) is 48.5. The minimum atomic E-state index is -4.76. The Bertz CT molecular complexity index is 1530. The molecule has 414 valence electrons. The van der Waals surface area contributed by atoms with Crippen LogP contribution in [0.1, 0.15) is 239 Å². The molecule has 2 N–H and O–H groups in total. The smallest absolute Gasteiger partial charge is 0.462 e. The lowest BCUT2D eigenvalue weighted by atomic mass is 10.1. The molecule has 0 radical (unpaired) electrons. The van der Waals surface area contributed by atoms with Gasteiger partial charge in [0.15, 0.2) is 6.10 Å². The van der Waals surface area contributed by atoms with E-state index in [1.54, 1.807) is 0 Å². The fourth-order valence-electron chi connectivity index (χ4n) is 7.42. The molecule has 12 heteroatoms. The highest BCUT2D eigenvalue weighted by molar-refractivity contribution is 7.47. The predicted molar refractivity (Wildman–Crippen MR) is 298 cm³/mol. The average Bonchev–Trinajstić information content (AvgIpc) is 3.37. The lowest BCUT2D eigenvalue weighted by Gasteiger charge is -2.21. The summed E-state index contributed by atoms with van der Waals surface area (Å²) in [7, 11) is -4.76. The molecule has 0 spiro atoms. The number of phosphoric ester groups is 1. The maximum absolute atomic E-state index is 12.9. The van der Waals surface area contributed by atoms with E-state index >= 15 is 0 Å². The van der Waals surface area contributed by atoms with E-state index in [2.05, 4.69) is 106 Å². The van der Waals surface area contributed by atoms with Gasteiger partial charge in [0.25, 0.3) is 0 Å². The topological polar surface area (TPSA) is 155 Å². The number of carbonyl (C=O) groups excluding carboxylic acids is 3. The molecule has 0 aliphatic heterocycles. The van der Waals surface area contributed by atoms with E-state index in [9.17, 15) is 28.9 Å². The molecule has 0 amide bonds. The van der Waals surface area contributed by atoms with Crippen LogP contribution < -0.4 is 0 Å². The van der Waals surface area contributed by atoms with E-state index in [1.165, 1.54) is 51.4 Å². The van der Waals surface area contributed by atoms with Gasteiger partial charge in [0.2, 0.25) is 0 Å². The van der Waals surface area contributed by atoms with Crippen molar-refractivity contribution >= 4 is 25.7 Å². The summed E-state index contributed by atoms with van der Waals surface area (Å²) < 4.78 is 39.4. The molecule has 0 aliphatic carbocycles. The van der Waals surface area contributed by atoms with E-state index in [0.717, 1.165) is 128 Å². The summed E-state index contributed by atoms with van der Waals surface area (Å²) >= 11 is 0. The first-order valence-corrected chi connectivity index (χ1v) is 30.0. The van der Waals surface area contributed by atoms with Crippen molar-refractivity contribution in [1.82, 2.24) is 0 Å². The molecule has 0 heterocycles. The number of carbonyl (C=O) groups is 3. The standard InChI is InChI=1S/C60H103O11P/c1-4-7-10-13-16-19-22-24-26-28-30-32-35-37-40-43-46-49-58(62)67-53-57(71-60(64)51-48-45-42-39-36-33-31-29-27-25-23-20-17-14-11-8-5-2)55-69-72(65,66)68-54-56(52-61)70-59(63)50-47-44-41-38-34-21-18-15-12-9-6-3/h7,10,15-20,24-27,30,32,56-57,61H,4-6,8-9,11-14,21-23,28-29,31,33-55H2,1-3H3,(H,65,66)/b10-7-,18-15-,19-16-,20-17-,26-24-,27-25-,32-30-. The van der Waals surface area contributed by atoms with Gasteiger partial charge in [-0.3, -0.25) is 23.4 Å². The second kappa shape index (κ2) is 53.9. The lowest BCUT2D eigenvalue weighted by molar-refractivity contribution is -0.161. The Morgan fingerprint density at radius 2 is 0.736 bits per heavy atom. The number of hydrogen-bond acceptors (Lipinski definition) is 10. The fraction of sp³-hybridized carbons (Fsp3) is 0.717. The molecule has 0 aliphatic rings. The zero-order valence-corrected chi connectivity index (χ0v) is 46.5. The normalized spacial score (nSPS) is 14.0. The first kappa shape index (κ1) is 68.7. The third-order valence-corrected chi connectivity index (χ3v) is 12.7. The van der Waals surface area contributed by atoms with Crippen molar-refractivity contribution in [2.24, 2.45) is 0 Å². The number of unbranched alkanes of at least 4 members (excludes halogenated alkanes) is 21. The monoisotopic (exact) mass is 1030 g/mol. The van der Waals surface area contributed by atoms with Gasteiger partial charge in [-0.2, -0.15) is 0 Å². The highest BCUT2D eigenvalue weighted by atomic mass is 31.2. The van der Waals surface area contributed by atoms with Gasteiger partial charge in [0.05, 0.1) is 19.8 Å².